The van der Waals surface area contributed by atoms with Gasteiger partial charge in [-0.2, -0.15) is 0 Å². The van der Waals surface area contributed by atoms with Gasteiger partial charge in [0, 0.05) is 35.5 Å². The van der Waals surface area contributed by atoms with Crippen molar-refractivity contribution in [3.8, 4) is 0 Å². The van der Waals surface area contributed by atoms with E-state index in [2.05, 4.69) is 0 Å². The summed E-state index contributed by atoms with van der Waals surface area (Å²) in [7, 11) is 0. The maximum Gasteiger partial charge on any atom is 0.00461 e. The first kappa shape index (κ1) is 9.18. The molecule has 0 amide bonds. The quantitative estimate of drug-likeness (QED) is 0.488. The van der Waals surface area contributed by atoms with E-state index in [4.69, 9.17) is 11.5 Å². The van der Waals surface area contributed by atoms with E-state index in [9.17, 15) is 0 Å². The van der Waals surface area contributed by atoms with Gasteiger partial charge in [-0.05, 0) is 0 Å². The van der Waals surface area contributed by atoms with Crippen LogP contribution >= 0.6 is 0 Å². The third-order valence-corrected chi connectivity index (χ3v) is 0.167. The molecule has 0 unspecified atom stereocenters. The summed E-state index contributed by atoms with van der Waals surface area (Å²) in [6.45, 7) is 1.19. The van der Waals surface area contributed by atoms with Crippen molar-refractivity contribution in [2.24, 2.45) is 11.5 Å². The van der Waals surface area contributed by atoms with Gasteiger partial charge < -0.3 is 11.5 Å². The average Bonchev–Trinajstić information content (AvgIpc) is 1.37. The average molecular weight is 168 g/mol. The summed E-state index contributed by atoms with van der Waals surface area (Å²) >= 11 is 0. The van der Waals surface area contributed by atoms with E-state index in [1.54, 1.807) is 0 Å². The van der Waals surface area contributed by atoms with Gasteiger partial charge in [-0.1, -0.05) is 0 Å². The van der Waals surface area contributed by atoms with Crippen LogP contribution in [0.25, 0.3) is 0 Å². The molecule has 0 aromatic heterocycles. The van der Waals surface area contributed by atoms with Crippen LogP contribution in [0, 0.1) is 0 Å². The predicted molar refractivity (Wildman–Crippen MR) is 18.1 cm³/mol. The van der Waals surface area contributed by atoms with E-state index >= 15 is 0 Å². The van der Waals surface area contributed by atoms with Gasteiger partial charge in [-0.15, -0.1) is 0 Å². The summed E-state index contributed by atoms with van der Waals surface area (Å²) in [5.74, 6) is 0. The topological polar surface area (TPSA) is 52.0 Å². The standard InChI is InChI=1S/C2H8N2.Ag/c3-1-2-4;/h1-4H2;. The summed E-state index contributed by atoms with van der Waals surface area (Å²) < 4.78 is 0. The van der Waals surface area contributed by atoms with Gasteiger partial charge in [0.1, 0.15) is 0 Å². The molecule has 0 spiro atoms. The first-order valence-electron chi connectivity index (χ1n) is 1.32. The van der Waals surface area contributed by atoms with E-state index in [0.717, 1.165) is 0 Å². The van der Waals surface area contributed by atoms with Gasteiger partial charge in [-0.25, -0.2) is 0 Å². The third-order valence-electron chi connectivity index (χ3n) is 0.167. The molecule has 0 aromatic rings. The van der Waals surface area contributed by atoms with E-state index in [0.29, 0.717) is 13.1 Å². The summed E-state index contributed by atoms with van der Waals surface area (Å²) in [6.07, 6.45) is 0. The maximum atomic E-state index is 4.90. The zero-order valence-corrected chi connectivity index (χ0v) is 4.35. The Morgan fingerprint density at radius 2 is 1.20 bits per heavy atom. The molecule has 0 aliphatic carbocycles. The van der Waals surface area contributed by atoms with Crippen LogP contribution in [0.4, 0.5) is 0 Å². The van der Waals surface area contributed by atoms with Gasteiger partial charge in [0.2, 0.25) is 0 Å². The second-order valence-corrected chi connectivity index (χ2v) is 0.577. The Hall–Kier alpha value is 0.660. The molecule has 2 nitrogen and oxygen atoms in total. The second kappa shape index (κ2) is 8.82. The molecule has 0 bridgehead atoms. The molecule has 0 aliphatic rings. The van der Waals surface area contributed by atoms with Crippen molar-refractivity contribution in [2.75, 3.05) is 13.1 Å². The van der Waals surface area contributed by atoms with E-state index in [1.165, 1.54) is 0 Å². The Bertz CT molecular complexity index is 9.61. The first-order valence-corrected chi connectivity index (χ1v) is 1.32. The molecule has 3 heteroatoms. The number of hydrogen-bond donors (Lipinski definition) is 2. The zero-order chi connectivity index (χ0) is 3.41. The molecule has 0 saturated heterocycles. The smallest absolute Gasteiger partial charge is 0.00461 e. The largest absolute Gasteiger partial charge is 0.329 e. The molecular formula is C2H8AgN2. The fourth-order valence-corrected chi connectivity index (χ4v) is 0. The van der Waals surface area contributed by atoms with Gasteiger partial charge >= 0.3 is 0 Å². The summed E-state index contributed by atoms with van der Waals surface area (Å²) in [4.78, 5) is 0. The monoisotopic (exact) mass is 167 g/mol. The second-order valence-electron chi connectivity index (χ2n) is 0.577. The molecule has 5 heavy (non-hydrogen) atoms. The van der Waals surface area contributed by atoms with Crippen molar-refractivity contribution >= 4 is 0 Å². The minimum Gasteiger partial charge on any atom is -0.329 e. The molecule has 0 saturated carbocycles. The molecule has 0 aromatic carbocycles. The minimum atomic E-state index is 0. The Morgan fingerprint density at radius 3 is 1.20 bits per heavy atom. The van der Waals surface area contributed by atoms with Crippen molar-refractivity contribution in [2.45, 2.75) is 0 Å². The Kier molecular flexibility index (Phi) is 16.2. The Morgan fingerprint density at radius 1 is 1.00 bits per heavy atom. The number of hydrogen-bond acceptors (Lipinski definition) is 2. The minimum absolute atomic E-state index is 0. The first-order chi connectivity index (χ1) is 1.91. The molecule has 1 radical (unpaired) electrons. The van der Waals surface area contributed by atoms with Crippen LogP contribution in [0.2, 0.25) is 0 Å². The van der Waals surface area contributed by atoms with Crippen LogP contribution in [-0.4, -0.2) is 13.1 Å². The number of nitrogens with two attached hydrogens (primary N) is 2. The van der Waals surface area contributed by atoms with Gasteiger partial charge in [-0.3, -0.25) is 0 Å². The Labute approximate surface area is 47.4 Å². The molecule has 37 valence electrons. The van der Waals surface area contributed by atoms with E-state index in [-0.39, 0.29) is 22.4 Å². The van der Waals surface area contributed by atoms with E-state index < -0.39 is 0 Å². The SMILES string of the molecule is NCCN.[Ag]. The van der Waals surface area contributed by atoms with Crippen LogP contribution in [0.15, 0.2) is 0 Å². The van der Waals surface area contributed by atoms with Crippen molar-refractivity contribution in [1.29, 1.82) is 0 Å². The van der Waals surface area contributed by atoms with Crippen molar-refractivity contribution in [3.05, 3.63) is 0 Å². The maximum absolute atomic E-state index is 4.90. The molecule has 4 N–H and O–H groups in total. The molecule has 0 rings (SSSR count). The van der Waals surface area contributed by atoms with Gasteiger partial charge in [0.25, 0.3) is 0 Å². The van der Waals surface area contributed by atoms with E-state index in [1.807, 2.05) is 0 Å². The van der Waals surface area contributed by atoms with Crippen LogP contribution in [-0.2, 0) is 22.4 Å². The Balaban J connectivity index is 0. The molecular weight excluding hydrogens is 160 g/mol. The van der Waals surface area contributed by atoms with Crippen molar-refractivity contribution in [1.82, 2.24) is 0 Å². The van der Waals surface area contributed by atoms with Crippen LogP contribution < -0.4 is 11.5 Å². The van der Waals surface area contributed by atoms with Crippen LogP contribution in [0.5, 0.6) is 0 Å². The summed E-state index contributed by atoms with van der Waals surface area (Å²) in [5, 5.41) is 0. The normalized spacial score (nSPS) is 6.00. The van der Waals surface area contributed by atoms with Crippen LogP contribution in [0.3, 0.4) is 0 Å². The van der Waals surface area contributed by atoms with Gasteiger partial charge in [0.05, 0.1) is 0 Å². The summed E-state index contributed by atoms with van der Waals surface area (Å²) in [5.41, 5.74) is 9.81. The fourth-order valence-electron chi connectivity index (χ4n) is 0. The zero-order valence-electron chi connectivity index (χ0n) is 2.87. The van der Waals surface area contributed by atoms with Crippen molar-refractivity contribution < 1.29 is 22.4 Å². The predicted octanol–water partition coefficient (Wildman–Crippen LogP) is -1.10. The van der Waals surface area contributed by atoms with Crippen molar-refractivity contribution in [3.63, 3.8) is 0 Å². The number of rotatable bonds is 1. The fraction of sp³-hybridized carbons (Fsp3) is 1.00. The molecule has 0 atom stereocenters. The molecule has 0 heterocycles. The van der Waals surface area contributed by atoms with Gasteiger partial charge in [0.15, 0.2) is 0 Å². The van der Waals surface area contributed by atoms with Crippen LogP contribution in [0.1, 0.15) is 0 Å². The summed E-state index contributed by atoms with van der Waals surface area (Å²) in [6, 6.07) is 0. The molecule has 0 aliphatic heterocycles. The molecule has 0 fully saturated rings. The third kappa shape index (κ3) is 12.0.